The molecule has 0 aliphatic rings. The van der Waals surface area contributed by atoms with Gasteiger partial charge >= 0.3 is 5.97 Å². The molecular formula is C12H10N4O7. The molecule has 0 saturated carbocycles. The fourth-order valence-corrected chi connectivity index (χ4v) is 1.88. The third kappa shape index (κ3) is 3.47. The molecule has 0 aliphatic heterocycles. The van der Waals surface area contributed by atoms with Crippen LogP contribution in [0.1, 0.15) is 5.69 Å². The predicted molar refractivity (Wildman–Crippen MR) is 74.2 cm³/mol. The summed E-state index contributed by atoms with van der Waals surface area (Å²) in [5.41, 5.74) is -0.694. The lowest BCUT2D eigenvalue weighted by Crippen LogP contribution is -2.22. The Labute approximate surface area is 127 Å². The van der Waals surface area contributed by atoms with Crippen molar-refractivity contribution in [1.82, 2.24) is 9.55 Å². The summed E-state index contributed by atoms with van der Waals surface area (Å²) in [6, 6.07) is 3.12. The van der Waals surface area contributed by atoms with Crippen LogP contribution in [-0.4, -0.2) is 41.7 Å². The van der Waals surface area contributed by atoms with Crippen LogP contribution in [0.25, 0.3) is 5.69 Å². The van der Waals surface area contributed by atoms with Crippen LogP contribution in [0, 0.1) is 20.2 Å². The number of non-ortho nitro benzene ring substituents is 1. The van der Waals surface area contributed by atoms with Crippen molar-refractivity contribution in [2.45, 2.75) is 12.5 Å². The molecule has 1 heterocycles. The molecule has 120 valence electrons. The minimum absolute atomic E-state index is 0.0316. The van der Waals surface area contributed by atoms with Crippen molar-refractivity contribution in [2.75, 3.05) is 0 Å². The predicted octanol–water partition coefficient (Wildman–Crippen LogP) is 0.677. The van der Waals surface area contributed by atoms with Gasteiger partial charge < -0.3 is 10.2 Å². The van der Waals surface area contributed by atoms with Crippen LogP contribution in [0.4, 0.5) is 11.4 Å². The van der Waals surface area contributed by atoms with Crippen molar-refractivity contribution in [3.63, 3.8) is 0 Å². The summed E-state index contributed by atoms with van der Waals surface area (Å²) < 4.78 is 1.23. The van der Waals surface area contributed by atoms with E-state index in [1.165, 1.54) is 23.2 Å². The number of carboxylic acids is 1. The Hall–Kier alpha value is -3.34. The standard InChI is InChI=1S/C12H10N4O7/c17-11(12(18)19)3-7-5-14(6-13-7)9-2-1-8(15(20)21)4-10(9)16(22)23/h1-2,4-6,11,17H,3H2,(H,18,19)/t11-/m0/s1. The highest BCUT2D eigenvalue weighted by Gasteiger charge is 2.21. The first-order valence-corrected chi connectivity index (χ1v) is 6.16. The van der Waals surface area contributed by atoms with Gasteiger partial charge in [0.1, 0.15) is 5.69 Å². The first-order chi connectivity index (χ1) is 10.8. The van der Waals surface area contributed by atoms with Crippen molar-refractivity contribution < 1.29 is 24.9 Å². The van der Waals surface area contributed by atoms with Gasteiger partial charge in [-0.1, -0.05) is 0 Å². The van der Waals surface area contributed by atoms with Crippen molar-refractivity contribution in [3.8, 4) is 5.69 Å². The van der Waals surface area contributed by atoms with E-state index in [1.807, 2.05) is 0 Å². The van der Waals surface area contributed by atoms with Gasteiger partial charge in [0, 0.05) is 18.7 Å². The SMILES string of the molecule is O=C(O)[C@@H](O)Cc1cn(-c2ccc([N+](=O)[O-])cc2[N+](=O)[O-])cn1. The number of rotatable bonds is 6. The highest BCUT2D eigenvalue weighted by molar-refractivity contribution is 5.72. The lowest BCUT2D eigenvalue weighted by atomic mass is 10.2. The smallest absolute Gasteiger partial charge is 0.332 e. The zero-order valence-corrected chi connectivity index (χ0v) is 11.4. The van der Waals surface area contributed by atoms with E-state index in [0.717, 1.165) is 12.1 Å². The number of aliphatic carboxylic acids is 1. The number of hydrogen-bond acceptors (Lipinski definition) is 7. The van der Waals surface area contributed by atoms with Crippen LogP contribution in [-0.2, 0) is 11.2 Å². The number of aliphatic hydroxyl groups excluding tert-OH is 1. The summed E-state index contributed by atoms with van der Waals surface area (Å²) >= 11 is 0. The Morgan fingerprint density at radius 3 is 2.57 bits per heavy atom. The minimum Gasteiger partial charge on any atom is -0.479 e. The number of aromatic nitrogens is 2. The van der Waals surface area contributed by atoms with E-state index >= 15 is 0 Å². The number of aliphatic hydroxyl groups is 1. The molecule has 0 aliphatic carbocycles. The van der Waals surface area contributed by atoms with Gasteiger partial charge in [-0.2, -0.15) is 0 Å². The molecule has 23 heavy (non-hydrogen) atoms. The second-order valence-electron chi connectivity index (χ2n) is 4.52. The van der Waals surface area contributed by atoms with E-state index in [1.54, 1.807) is 0 Å². The van der Waals surface area contributed by atoms with Crippen molar-refractivity contribution >= 4 is 17.3 Å². The Bertz CT molecular complexity index is 785. The summed E-state index contributed by atoms with van der Waals surface area (Å²) in [5, 5.41) is 39.7. The topological polar surface area (TPSA) is 162 Å². The maximum atomic E-state index is 11.1. The largest absolute Gasteiger partial charge is 0.479 e. The molecule has 1 aromatic carbocycles. The number of nitro benzene ring substituents is 2. The molecular weight excluding hydrogens is 312 g/mol. The lowest BCUT2D eigenvalue weighted by Gasteiger charge is -2.04. The molecule has 1 aromatic heterocycles. The maximum Gasteiger partial charge on any atom is 0.332 e. The summed E-state index contributed by atoms with van der Waals surface area (Å²) in [5.74, 6) is -1.42. The third-order valence-electron chi connectivity index (χ3n) is 2.97. The molecule has 0 spiro atoms. The summed E-state index contributed by atoms with van der Waals surface area (Å²) in [7, 11) is 0. The van der Waals surface area contributed by atoms with Crippen LogP contribution >= 0.6 is 0 Å². The van der Waals surface area contributed by atoms with E-state index in [4.69, 9.17) is 5.11 Å². The third-order valence-corrected chi connectivity index (χ3v) is 2.97. The van der Waals surface area contributed by atoms with Crippen LogP contribution < -0.4 is 0 Å². The second-order valence-corrected chi connectivity index (χ2v) is 4.52. The first-order valence-electron chi connectivity index (χ1n) is 6.16. The van der Waals surface area contributed by atoms with Gasteiger partial charge in [-0.15, -0.1) is 0 Å². The highest BCUT2D eigenvalue weighted by Crippen LogP contribution is 2.27. The van der Waals surface area contributed by atoms with E-state index in [2.05, 4.69) is 4.98 Å². The second kappa shape index (κ2) is 6.19. The van der Waals surface area contributed by atoms with Gasteiger partial charge in [-0.05, 0) is 6.07 Å². The maximum absolute atomic E-state index is 11.1. The Morgan fingerprint density at radius 2 is 2.00 bits per heavy atom. The summed E-state index contributed by atoms with van der Waals surface area (Å²) in [6.45, 7) is 0. The molecule has 0 unspecified atom stereocenters. The number of carboxylic acid groups (broad SMARTS) is 1. The molecule has 2 N–H and O–H groups in total. The van der Waals surface area contributed by atoms with Gasteiger partial charge in [0.2, 0.25) is 0 Å². The van der Waals surface area contributed by atoms with E-state index in [9.17, 15) is 30.1 Å². The summed E-state index contributed by atoms with van der Waals surface area (Å²) in [4.78, 5) is 34.7. The quantitative estimate of drug-likeness (QED) is 0.579. The fraction of sp³-hybridized carbons (Fsp3) is 0.167. The van der Waals surface area contributed by atoms with Gasteiger partial charge in [-0.3, -0.25) is 24.8 Å². The van der Waals surface area contributed by atoms with Gasteiger partial charge in [-0.25, -0.2) is 9.78 Å². The molecule has 0 saturated heterocycles. The van der Waals surface area contributed by atoms with E-state index < -0.39 is 33.3 Å². The molecule has 11 nitrogen and oxygen atoms in total. The minimum atomic E-state index is -1.65. The van der Waals surface area contributed by atoms with Crippen LogP contribution in [0.5, 0.6) is 0 Å². The Morgan fingerprint density at radius 1 is 1.30 bits per heavy atom. The van der Waals surface area contributed by atoms with Crippen LogP contribution in [0.3, 0.4) is 0 Å². The zero-order chi connectivity index (χ0) is 17.1. The monoisotopic (exact) mass is 322 g/mol. The average molecular weight is 322 g/mol. The molecule has 0 fully saturated rings. The number of carbonyl (C=O) groups is 1. The van der Waals surface area contributed by atoms with Crippen molar-refractivity contribution in [2.24, 2.45) is 0 Å². The number of imidazole rings is 1. The van der Waals surface area contributed by atoms with Crippen LogP contribution in [0.15, 0.2) is 30.7 Å². The Kier molecular flexibility index (Phi) is 4.32. The fourth-order valence-electron chi connectivity index (χ4n) is 1.88. The van der Waals surface area contributed by atoms with Crippen molar-refractivity contribution in [3.05, 3.63) is 56.6 Å². The highest BCUT2D eigenvalue weighted by atomic mass is 16.6. The number of nitrogens with zero attached hydrogens (tertiary/aromatic N) is 4. The van der Waals surface area contributed by atoms with Gasteiger partial charge in [0.15, 0.2) is 6.10 Å². The number of hydrogen-bond donors (Lipinski definition) is 2. The van der Waals surface area contributed by atoms with E-state index in [-0.39, 0.29) is 17.8 Å². The molecule has 2 rings (SSSR count). The lowest BCUT2D eigenvalue weighted by molar-refractivity contribution is -0.394. The average Bonchev–Trinajstić information content (AvgIpc) is 2.94. The number of nitro groups is 2. The molecule has 11 heteroatoms. The molecule has 0 radical (unpaired) electrons. The molecule has 1 atom stereocenters. The molecule has 0 amide bonds. The van der Waals surface area contributed by atoms with Gasteiger partial charge in [0.25, 0.3) is 11.4 Å². The van der Waals surface area contributed by atoms with Crippen LogP contribution in [0.2, 0.25) is 0 Å². The zero-order valence-electron chi connectivity index (χ0n) is 11.4. The number of benzene rings is 1. The Balaban J connectivity index is 2.39. The molecule has 0 bridgehead atoms. The molecule has 2 aromatic rings. The van der Waals surface area contributed by atoms with Gasteiger partial charge in [0.05, 0.1) is 27.9 Å². The van der Waals surface area contributed by atoms with E-state index in [0.29, 0.717) is 0 Å². The normalized spacial score (nSPS) is 11.9. The van der Waals surface area contributed by atoms with Crippen molar-refractivity contribution in [1.29, 1.82) is 0 Å². The summed E-state index contributed by atoms with van der Waals surface area (Å²) in [6.07, 6.45) is 0.576. The first kappa shape index (κ1) is 16.0.